The molecule has 2 atom stereocenters. The van der Waals surface area contributed by atoms with Gasteiger partial charge in [-0.05, 0) is 37.5 Å². The van der Waals surface area contributed by atoms with Crippen molar-refractivity contribution < 1.29 is 4.79 Å². The topological polar surface area (TPSA) is 67.5 Å². The summed E-state index contributed by atoms with van der Waals surface area (Å²) < 4.78 is 0. The van der Waals surface area contributed by atoms with E-state index in [9.17, 15) is 4.79 Å². The molecule has 0 spiro atoms. The molecule has 3 saturated carbocycles. The average molecular weight is 209 g/mol. The minimum atomic E-state index is -0.580. The van der Waals surface area contributed by atoms with Gasteiger partial charge in [-0.15, -0.1) is 0 Å². The predicted molar refractivity (Wildman–Crippen MR) is 59.4 cm³/mol. The summed E-state index contributed by atoms with van der Waals surface area (Å²) in [5.74, 6) is 2.65. The van der Waals surface area contributed by atoms with Crippen LogP contribution in [0.2, 0.25) is 0 Å². The normalized spacial score (nSPS) is 34.5. The minimum Gasteiger partial charge on any atom is -0.350 e. The molecule has 0 aliphatic heterocycles. The largest absolute Gasteiger partial charge is 0.350 e. The van der Waals surface area contributed by atoms with Crippen molar-refractivity contribution in [3.63, 3.8) is 0 Å². The molecule has 0 heterocycles. The number of hydrazone groups is 1. The van der Waals surface area contributed by atoms with Gasteiger partial charge in [0.05, 0.1) is 0 Å². The van der Waals surface area contributed by atoms with E-state index in [-0.39, 0.29) is 0 Å². The molecule has 3 fully saturated rings. The van der Waals surface area contributed by atoms with Gasteiger partial charge < -0.3 is 5.73 Å². The molecule has 0 aromatic carbocycles. The highest BCUT2D eigenvalue weighted by Crippen LogP contribution is 2.52. The average Bonchev–Trinajstić information content (AvgIpc) is 2.24. The van der Waals surface area contributed by atoms with Crippen molar-refractivity contribution >= 4 is 11.7 Å². The lowest BCUT2D eigenvalue weighted by Crippen LogP contribution is -2.41. The number of nitrogens with one attached hydrogen (secondary N) is 1. The van der Waals surface area contributed by atoms with E-state index in [1.165, 1.54) is 25.7 Å². The van der Waals surface area contributed by atoms with E-state index < -0.39 is 6.03 Å². The van der Waals surface area contributed by atoms with E-state index in [4.69, 9.17) is 5.73 Å². The maximum Gasteiger partial charge on any atom is 0.332 e. The van der Waals surface area contributed by atoms with Gasteiger partial charge in [-0.1, -0.05) is 19.3 Å². The number of carbonyl (C=O) groups excluding carboxylic acids is 1. The number of hydrogen-bond donors (Lipinski definition) is 2. The van der Waals surface area contributed by atoms with Crippen molar-refractivity contribution in [3.05, 3.63) is 0 Å². The zero-order valence-corrected chi connectivity index (χ0v) is 9.20. The lowest BCUT2D eigenvalue weighted by atomic mass is 9.56. The molecule has 0 radical (unpaired) electrons. The monoisotopic (exact) mass is 209 g/mol. The van der Waals surface area contributed by atoms with Crippen LogP contribution in [0.4, 0.5) is 4.79 Å². The fourth-order valence-corrected chi connectivity index (χ4v) is 3.10. The number of carbonyl (C=O) groups is 1. The number of nitrogens with two attached hydrogens (primary N) is 1. The van der Waals surface area contributed by atoms with Crippen LogP contribution in [-0.2, 0) is 0 Å². The molecular weight excluding hydrogens is 190 g/mol. The third kappa shape index (κ3) is 2.30. The van der Waals surface area contributed by atoms with Crippen molar-refractivity contribution in [1.82, 2.24) is 5.43 Å². The van der Waals surface area contributed by atoms with Crippen LogP contribution in [0.25, 0.3) is 0 Å². The minimum absolute atomic E-state index is 0.580. The van der Waals surface area contributed by atoms with Crippen LogP contribution < -0.4 is 11.2 Å². The number of amides is 2. The van der Waals surface area contributed by atoms with Crippen LogP contribution in [0, 0.1) is 17.8 Å². The van der Waals surface area contributed by atoms with Crippen molar-refractivity contribution in [3.8, 4) is 0 Å². The summed E-state index contributed by atoms with van der Waals surface area (Å²) in [6.45, 7) is 1.96. The van der Waals surface area contributed by atoms with Crippen molar-refractivity contribution in [2.45, 2.75) is 39.0 Å². The second-order valence-electron chi connectivity index (χ2n) is 4.88. The Labute approximate surface area is 90.3 Å². The van der Waals surface area contributed by atoms with Crippen LogP contribution in [0.1, 0.15) is 39.0 Å². The predicted octanol–water partition coefficient (Wildman–Crippen LogP) is 1.86. The van der Waals surface area contributed by atoms with Crippen LogP contribution in [0.5, 0.6) is 0 Å². The van der Waals surface area contributed by atoms with Gasteiger partial charge in [0.2, 0.25) is 0 Å². The zero-order chi connectivity index (χ0) is 10.8. The molecular formula is C11H19N3O. The molecule has 15 heavy (non-hydrogen) atoms. The highest BCUT2D eigenvalue weighted by atomic mass is 16.2. The Morgan fingerprint density at radius 1 is 1.47 bits per heavy atom. The number of rotatable bonds is 3. The molecule has 0 aromatic rings. The number of hydrogen-bond acceptors (Lipinski definition) is 2. The van der Waals surface area contributed by atoms with E-state index >= 15 is 0 Å². The van der Waals surface area contributed by atoms with Crippen molar-refractivity contribution in [2.75, 3.05) is 0 Å². The SMILES string of the molecule is C/C(CC1C2CCCC1C2)=N\NC(N)=O. The Balaban J connectivity index is 1.81. The number of primary amides is 1. The highest BCUT2D eigenvalue weighted by molar-refractivity contribution is 5.84. The van der Waals surface area contributed by atoms with Crippen LogP contribution in [-0.4, -0.2) is 11.7 Å². The number of nitrogens with zero attached hydrogens (tertiary/aromatic N) is 1. The second kappa shape index (κ2) is 4.21. The Hall–Kier alpha value is -1.06. The smallest absolute Gasteiger partial charge is 0.332 e. The third-order valence-corrected chi connectivity index (χ3v) is 3.85. The Morgan fingerprint density at radius 2 is 2.13 bits per heavy atom. The molecule has 3 aliphatic carbocycles. The van der Waals surface area contributed by atoms with Gasteiger partial charge in [-0.3, -0.25) is 0 Å². The first-order valence-corrected chi connectivity index (χ1v) is 5.75. The first-order chi connectivity index (χ1) is 7.16. The molecule has 0 aromatic heterocycles. The number of urea groups is 1. The molecule has 2 bridgehead atoms. The standard InChI is InChI=1S/C11H19N3O/c1-7(13-14-11(12)15)5-10-8-3-2-4-9(10)6-8/h8-10H,2-6H2,1H3,(H3,12,14,15)/b13-7+. The Bertz CT molecular complexity index is 274. The van der Waals surface area contributed by atoms with E-state index in [1.807, 2.05) is 6.92 Å². The summed E-state index contributed by atoms with van der Waals surface area (Å²) in [5.41, 5.74) is 8.24. The maximum atomic E-state index is 10.5. The van der Waals surface area contributed by atoms with Gasteiger partial charge in [0.1, 0.15) is 0 Å². The number of fused-ring (bicyclic) bond motifs is 2. The lowest BCUT2D eigenvalue weighted by Gasteiger charge is -2.49. The molecule has 84 valence electrons. The van der Waals surface area contributed by atoms with Crippen LogP contribution in [0.15, 0.2) is 5.10 Å². The zero-order valence-electron chi connectivity index (χ0n) is 9.20. The summed E-state index contributed by atoms with van der Waals surface area (Å²) in [6.07, 6.45) is 6.62. The Kier molecular flexibility index (Phi) is 2.93. The van der Waals surface area contributed by atoms with Gasteiger partial charge in [0.25, 0.3) is 0 Å². The van der Waals surface area contributed by atoms with E-state index in [2.05, 4.69) is 10.5 Å². The van der Waals surface area contributed by atoms with Crippen LogP contribution in [0.3, 0.4) is 0 Å². The first-order valence-electron chi connectivity index (χ1n) is 5.75. The fourth-order valence-electron chi connectivity index (χ4n) is 3.10. The summed E-state index contributed by atoms with van der Waals surface area (Å²) in [7, 11) is 0. The first kappa shape index (κ1) is 10.5. The molecule has 0 saturated heterocycles. The van der Waals surface area contributed by atoms with Crippen LogP contribution >= 0.6 is 0 Å². The lowest BCUT2D eigenvalue weighted by molar-refractivity contribution is 0.0196. The van der Waals surface area contributed by atoms with E-state index in [0.29, 0.717) is 0 Å². The van der Waals surface area contributed by atoms with Gasteiger partial charge in [0, 0.05) is 5.71 Å². The van der Waals surface area contributed by atoms with Gasteiger partial charge in [-0.2, -0.15) is 5.10 Å². The highest BCUT2D eigenvalue weighted by Gasteiger charge is 2.43. The molecule has 3 rings (SSSR count). The van der Waals surface area contributed by atoms with Crippen molar-refractivity contribution in [2.24, 2.45) is 28.6 Å². The Morgan fingerprint density at radius 3 is 2.67 bits per heavy atom. The molecule has 4 nitrogen and oxygen atoms in total. The van der Waals surface area contributed by atoms with Gasteiger partial charge in [-0.25, -0.2) is 10.2 Å². The van der Waals surface area contributed by atoms with E-state index in [0.717, 1.165) is 29.9 Å². The summed E-state index contributed by atoms with van der Waals surface area (Å²) in [5, 5.41) is 3.96. The maximum absolute atomic E-state index is 10.5. The van der Waals surface area contributed by atoms with Crippen molar-refractivity contribution in [1.29, 1.82) is 0 Å². The molecule has 2 amide bonds. The van der Waals surface area contributed by atoms with Gasteiger partial charge >= 0.3 is 6.03 Å². The molecule has 2 unspecified atom stereocenters. The molecule has 3 N–H and O–H groups in total. The molecule has 3 aliphatic rings. The summed E-state index contributed by atoms with van der Waals surface area (Å²) in [4.78, 5) is 10.5. The quantitative estimate of drug-likeness (QED) is 0.540. The van der Waals surface area contributed by atoms with E-state index in [1.54, 1.807) is 0 Å². The second-order valence-corrected chi connectivity index (χ2v) is 4.88. The summed E-state index contributed by atoms with van der Waals surface area (Å²) in [6, 6.07) is -0.580. The molecule has 4 heteroatoms. The third-order valence-electron chi connectivity index (χ3n) is 3.85. The van der Waals surface area contributed by atoms with Gasteiger partial charge in [0.15, 0.2) is 0 Å². The fraction of sp³-hybridized carbons (Fsp3) is 0.818. The summed E-state index contributed by atoms with van der Waals surface area (Å²) >= 11 is 0.